The number of hydrogen-bond donors (Lipinski definition) is 1. The first-order valence-electron chi connectivity index (χ1n) is 4.90. The molecule has 0 atom stereocenters. The Hall–Kier alpha value is -2.21. The van der Waals surface area contributed by atoms with E-state index in [4.69, 9.17) is 10.3 Å². The van der Waals surface area contributed by atoms with Crippen molar-refractivity contribution in [3.63, 3.8) is 0 Å². The average Bonchev–Trinajstić information content (AvgIpc) is 3.00. The molecule has 6 heteroatoms. The van der Waals surface area contributed by atoms with Gasteiger partial charge < -0.3 is 10.3 Å². The van der Waals surface area contributed by atoms with E-state index < -0.39 is 0 Å². The summed E-state index contributed by atoms with van der Waals surface area (Å²) in [6, 6.07) is 3.69. The molecule has 0 spiro atoms. The highest BCUT2D eigenvalue weighted by Crippen LogP contribution is 2.23. The second-order valence-electron chi connectivity index (χ2n) is 3.44. The lowest BCUT2D eigenvalue weighted by Gasteiger charge is -1.94. The van der Waals surface area contributed by atoms with Crippen LogP contribution in [0.3, 0.4) is 0 Å². The molecule has 0 bridgehead atoms. The molecule has 3 rings (SSSR count). The molecule has 0 aromatic carbocycles. The van der Waals surface area contributed by atoms with Gasteiger partial charge in [0.2, 0.25) is 5.82 Å². The predicted octanol–water partition coefficient (Wildman–Crippen LogP) is 2.44. The van der Waals surface area contributed by atoms with Gasteiger partial charge in [-0.15, -0.1) is 0 Å². The molecule has 17 heavy (non-hydrogen) atoms. The van der Waals surface area contributed by atoms with Crippen LogP contribution in [-0.4, -0.2) is 15.1 Å². The Morgan fingerprint density at radius 3 is 2.94 bits per heavy atom. The number of nitrogens with two attached hydrogens (primary N) is 1. The third-order valence-electron chi connectivity index (χ3n) is 2.21. The van der Waals surface area contributed by atoms with Crippen molar-refractivity contribution in [2.24, 2.45) is 0 Å². The van der Waals surface area contributed by atoms with Crippen LogP contribution in [0.2, 0.25) is 0 Å². The number of hydrogen-bond acceptors (Lipinski definition) is 6. The van der Waals surface area contributed by atoms with Gasteiger partial charge in [-0.25, -0.2) is 0 Å². The van der Waals surface area contributed by atoms with Crippen LogP contribution in [0.1, 0.15) is 0 Å². The lowest BCUT2D eigenvalue weighted by molar-refractivity contribution is 0.432. The summed E-state index contributed by atoms with van der Waals surface area (Å²) in [4.78, 5) is 8.28. The van der Waals surface area contributed by atoms with Crippen LogP contribution < -0.4 is 5.73 Å². The molecule has 0 radical (unpaired) electrons. The summed E-state index contributed by atoms with van der Waals surface area (Å²) in [5, 5.41) is 7.85. The van der Waals surface area contributed by atoms with Crippen molar-refractivity contribution in [2.45, 2.75) is 0 Å². The van der Waals surface area contributed by atoms with Gasteiger partial charge in [-0.05, 0) is 17.5 Å². The second kappa shape index (κ2) is 3.99. The molecule has 0 aliphatic heterocycles. The number of aromatic nitrogens is 3. The van der Waals surface area contributed by atoms with Gasteiger partial charge >= 0.3 is 0 Å². The third-order valence-corrected chi connectivity index (χ3v) is 2.89. The summed E-state index contributed by atoms with van der Waals surface area (Å²) in [5.41, 5.74) is 7.88. The molecular formula is C11H8N4OS. The lowest BCUT2D eigenvalue weighted by atomic mass is 10.2. The molecule has 0 aliphatic rings. The van der Waals surface area contributed by atoms with Gasteiger partial charge in [0.05, 0.1) is 11.3 Å². The monoisotopic (exact) mass is 244 g/mol. The Morgan fingerprint density at radius 2 is 2.18 bits per heavy atom. The Labute approximate surface area is 101 Å². The van der Waals surface area contributed by atoms with Crippen molar-refractivity contribution >= 4 is 17.0 Å². The SMILES string of the molecule is Nc1cncc(-c2nc(-c3ccsc3)no2)c1. The Morgan fingerprint density at radius 1 is 1.24 bits per heavy atom. The molecule has 2 N–H and O–H groups in total. The lowest BCUT2D eigenvalue weighted by Crippen LogP contribution is -1.87. The Kier molecular flexibility index (Phi) is 2.34. The van der Waals surface area contributed by atoms with Crippen LogP contribution in [0.15, 0.2) is 39.8 Å². The summed E-state index contributed by atoms with van der Waals surface area (Å²) in [6.07, 6.45) is 3.21. The van der Waals surface area contributed by atoms with E-state index in [2.05, 4.69) is 15.1 Å². The van der Waals surface area contributed by atoms with Crippen LogP contribution in [0.25, 0.3) is 22.8 Å². The maximum absolute atomic E-state index is 5.65. The highest BCUT2D eigenvalue weighted by molar-refractivity contribution is 7.08. The Balaban J connectivity index is 2.01. The van der Waals surface area contributed by atoms with Crippen LogP contribution in [-0.2, 0) is 0 Å². The summed E-state index contributed by atoms with van der Waals surface area (Å²) in [5.74, 6) is 0.995. The predicted molar refractivity (Wildman–Crippen MR) is 65.3 cm³/mol. The van der Waals surface area contributed by atoms with Crippen molar-refractivity contribution in [1.29, 1.82) is 0 Å². The van der Waals surface area contributed by atoms with Crippen LogP contribution >= 0.6 is 11.3 Å². The zero-order chi connectivity index (χ0) is 11.7. The summed E-state index contributed by atoms with van der Waals surface area (Å²) in [7, 11) is 0. The van der Waals surface area contributed by atoms with E-state index in [-0.39, 0.29) is 0 Å². The number of thiophene rings is 1. The Bertz CT molecular complexity index is 632. The topological polar surface area (TPSA) is 77.8 Å². The number of pyridine rings is 1. The smallest absolute Gasteiger partial charge is 0.259 e. The first-order chi connectivity index (χ1) is 8.33. The molecule has 0 saturated carbocycles. The minimum absolute atomic E-state index is 0.422. The van der Waals surface area contributed by atoms with E-state index in [1.165, 1.54) is 0 Å². The summed E-state index contributed by atoms with van der Waals surface area (Å²) < 4.78 is 5.18. The zero-order valence-corrected chi connectivity index (χ0v) is 9.52. The van der Waals surface area contributed by atoms with Crippen molar-refractivity contribution in [3.8, 4) is 22.8 Å². The van der Waals surface area contributed by atoms with E-state index in [0.717, 1.165) is 11.1 Å². The molecule has 0 aliphatic carbocycles. The first-order valence-corrected chi connectivity index (χ1v) is 5.84. The van der Waals surface area contributed by atoms with Crippen LogP contribution in [0.5, 0.6) is 0 Å². The largest absolute Gasteiger partial charge is 0.397 e. The van der Waals surface area contributed by atoms with E-state index in [1.807, 2.05) is 16.8 Å². The van der Waals surface area contributed by atoms with Gasteiger partial charge in [-0.2, -0.15) is 16.3 Å². The molecule has 0 amide bonds. The maximum Gasteiger partial charge on any atom is 0.259 e. The molecule has 0 fully saturated rings. The van der Waals surface area contributed by atoms with Crippen molar-refractivity contribution < 1.29 is 4.52 Å². The van der Waals surface area contributed by atoms with Crippen molar-refractivity contribution in [3.05, 3.63) is 35.3 Å². The summed E-state index contributed by atoms with van der Waals surface area (Å²) in [6.45, 7) is 0. The van der Waals surface area contributed by atoms with Crippen molar-refractivity contribution in [2.75, 3.05) is 5.73 Å². The molecule has 3 aromatic heterocycles. The highest BCUT2D eigenvalue weighted by Gasteiger charge is 2.11. The van der Waals surface area contributed by atoms with Gasteiger partial charge in [0.1, 0.15) is 0 Å². The molecule has 0 saturated heterocycles. The fraction of sp³-hybridized carbons (Fsp3) is 0. The van der Waals surface area contributed by atoms with E-state index >= 15 is 0 Å². The third kappa shape index (κ3) is 1.90. The first kappa shape index (κ1) is 9.98. The standard InChI is InChI=1S/C11H8N4OS/c12-9-3-8(4-13-5-9)11-14-10(15-16-11)7-1-2-17-6-7/h1-6H,12H2. The molecule has 0 unspecified atom stereocenters. The number of nitrogens with zero attached hydrogens (tertiary/aromatic N) is 3. The fourth-order valence-corrected chi connectivity index (χ4v) is 2.06. The maximum atomic E-state index is 5.65. The zero-order valence-electron chi connectivity index (χ0n) is 8.70. The number of anilines is 1. The highest BCUT2D eigenvalue weighted by atomic mass is 32.1. The van der Waals surface area contributed by atoms with E-state index in [0.29, 0.717) is 17.4 Å². The van der Waals surface area contributed by atoms with Gasteiger partial charge in [0.25, 0.3) is 5.89 Å². The number of rotatable bonds is 2. The van der Waals surface area contributed by atoms with E-state index in [9.17, 15) is 0 Å². The van der Waals surface area contributed by atoms with Gasteiger partial charge in [0, 0.05) is 23.3 Å². The summed E-state index contributed by atoms with van der Waals surface area (Å²) >= 11 is 1.59. The molecule has 5 nitrogen and oxygen atoms in total. The molecule has 84 valence electrons. The van der Waals surface area contributed by atoms with Gasteiger partial charge in [0.15, 0.2) is 0 Å². The van der Waals surface area contributed by atoms with E-state index in [1.54, 1.807) is 29.8 Å². The van der Waals surface area contributed by atoms with Gasteiger partial charge in [-0.3, -0.25) is 4.98 Å². The van der Waals surface area contributed by atoms with Crippen LogP contribution in [0, 0.1) is 0 Å². The van der Waals surface area contributed by atoms with Gasteiger partial charge in [-0.1, -0.05) is 5.16 Å². The minimum Gasteiger partial charge on any atom is -0.397 e. The quantitative estimate of drug-likeness (QED) is 0.749. The molecule has 3 heterocycles. The number of nitrogen functional groups attached to an aromatic ring is 1. The minimum atomic E-state index is 0.422. The van der Waals surface area contributed by atoms with Crippen molar-refractivity contribution in [1.82, 2.24) is 15.1 Å². The molecular weight excluding hydrogens is 236 g/mol. The second-order valence-corrected chi connectivity index (χ2v) is 4.22. The fourth-order valence-electron chi connectivity index (χ4n) is 1.42. The van der Waals surface area contributed by atoms with Crippen LogP contribution in [0.4, 0.5) is 5.69 Å². The molecule has 3 aromatic rings. The average molecular weight is 244 g/mol. The normalized spacial score (nSPS) is 10.6.